The number of hydrogen-bond donors (Lipinski definition) is 0. The lowest BCUT2D eigenvalue weighted by atomic mass is 10.7. The van der Waals surface area contributed by atoms with Gasteiger partial charge in [0.15, 0.2) is 0 Å². The molecule has 0 saturated heterocycles. The lowest BCUT2D eigenvalue weighted by Gasteiger charge is -1.84. The summed E-state index contributed by atoms with van der Waals surface area (Å²) >= 11 is 11.1. The van der Waals surface area contributed by atoms with Crippen LogP contribution in [0.25, 0.3) is 0 Å². The highest BCUT2D eigenvalue weighted by molar-refractivity contribution is 8.79. The molecule has 0 nitrogen and oxygen atoms in total. The van der Waals surface area contributed by atoms with Crippen molar-refractivity contribution >= 4 is 44.8 Å². The summed E-state index contributed by atoms with van der Waals surface area (Å²) in [5.74, 6) is 0. The van der Waals surface area contributed by atoms with Crippen molar-refractivity contribution in [2.45, 2.75) is 4.71 Å². The Morgan fingerprint density at radius 1 is 1.71 bits per heavy atom. The predicted molar refractivity (Wildman–Crippen MR) is 38.8 cm³/mol. The van der Waals surface area contributed by atoms with Crippen LogP contribution in [0.5, 0.6) is 0 Å². The van der Waals surface area contributed by atoms with Crippen LogP contribution in [-0.4, -0.2) is 4.71 Å². The van der Waals surface area contributed by atoms with Crippen molar-refractivity contribution in [1.82, 2.24) is 0 Å². The van der Waals surface area contributed by atoms with Gasteiger partial charge in [0.05, 0.1) is 4.36 Å². The number of rotatable bonds is 0. The van der Waals surface area contributed by atoms with E-state index in [0.29, 0.717) is 0 Å². The van der Waals surface area contributed by atoms with E-state index >= 15 is 0 Å². The molecule has 1 aliphatic heterocycles. The summed E-state index contributed by atoms with van der Waals surface area (Å²) in [4.78, 5) is 0. The largest absolute Gasteiger partial charge is 0.110 e. The Hall–Kier alpha value is 1.02. The van der Waals surface area contributed by atoms with Gasteiger partial charge in [0, 0.05) is 0 Å². The van der Waals surface area contributed by atoms with Gasteiger partial charge in [-0.1, -0.05) is 22.4 Å². The van der Waals surface area contributed by atoms with Crippen LogP contribution in [0.4, 0.5) is 0 Å². The fourth-order valence-corrected chi connectivity index (χ4v) is 2.91. The first-order valence-electron chi connectivity index (χ1n) is 1.64. The standard InChI is InChI=1S/C3H2Cl2S2/c4-2-1-3(5)7-6-2/h1-2H. The molecule has 40 valence electrons. The van der Waals surface area contributed by atoms with Crippen LogP contribution in [0, 0.1) is 0 Å². The Morgan fingerprint density at radius 3 is 2.57 bits per heavy atom. The quantitative estimate of drug-likeness (QED) is 0.408. The van der Waals surface area contributed by atoms with E-state index in [9.17, 15) is 0 Å². The van der Waals surface area contributed by atoms with Gasteiger partial charge in [-0.15, -0.1) is 11.6 Å². The first-order chi connectivity index (χ1) is 3.29. The molecule has 1 aliphatic rings. The van der Waals surface area contributed by atoms with Gasteiger partial charge in [0.2, 0.25) is 0 Å². The minimum Gasteiger partial charge on any atom is -0.105 e. The molecule has 0 radical (unpaired) electrons. The molecular weight excluding hydrogens is 171 g/mol. The summed E-state index contributed by atoms with van der Waals surface area (Å²) in [6, 6.07) is 0. The Kier molecular flexibility index (Phi) is 2.22. The smallest absolute Gasteiger partial charge is 0.105 e. The second-order valence-electron chi connectivity index (χ2n) is 1.00. The third kappa shape index (κ3) is 1.76. The monoisotopic (exact) mass is 172 g/mol. The summed E-state index contributed by atoms with van der Waals surface area (Å²) in [5, 5.41) is 0. The SMILES string of the molecule is ClC1=CC(Cl)SS1. The van der Waals surface area contributed by atoms with E-state index < -0.39 is 0 Å². The zero-order chi connectivity index (χ0) is 5.28. The average molecular weight is 173 g/mol. The number of hydrogen-bond acceptors (Lipinski definition) is 2. The van der Waals surface area contributed by atoms with Gasteiger partial charge in [-0.3, -0.25) is 0 Å². The van der Waals surface area contributed by atoms with Crippen molar-refractivity contribution in [2.24, 2.45) is 0 Å². The summed E-state index contributed by atoms with van der Waals surface area (Å²) < 4.78 is 0.877. The summed E-state index contributed by atoms with van der Waals surface area (Å²) in [7, 11) is 3.08. The minimum atomic E-state index is 0.0810. The molecule has 0 spiro atoms. The zero-order valence-electron chi connectivity index (χ0n) is 3.23. The van der Waals surface area contributed by atoms with E-state index in [1.54, 1.807) is 10.8 Å². The molecule has 1 unspecified atom stereocenters. The van der Waals surface area contributed by atoms with Crippen LogP contribution in [0.2, 0.25) is 0 Å². The second kappa shape index (κ2) is 2.53. The first kappa shape index (κ1) is 6.14. The van der Waals surface area contributed by atoms with Crippen LogP contribution in [0.3, 0.4) is 0 Å². The molecule has 0 aromatic carbocycles. The molecule has 7 heavy (non-hydrogen) atoms. The maximum Gasteiger partial charge on any atom is 0.110 e. The average Bonchev–Trinajstić information content (AvgIpc) is 1.87. The van der Waals surface area contributed by atoms with Gasteiger partial charge in [-0.05, 0) is 16.9 Å². The van der Waals surface area contributed by atoms with E-state index in [-0.39, 0.29) is 4.71 Å². The zero-order valence-corrected chi connectivity index (χ0v) is 6.37. The minimum absolute atomic E-state index is 0.0810. The summed E-state index contributed by atoms with van der Waals surface area (Å²) in [5.41, 5.74) is 0. The molecule has 0 aromatic heterocycles. The van der Waals surface area contributed by atoms with Crippen LogP contribution >= 0.6 is 44.8 Å². The van der Waals surface area contributed by atoms with Crippen molar-refractivity contribution in [1.29, 1.82) is 0 Å². The summed E-state index contributed by atoms with van der Waals surface area (Å²) in [6.45, 7) is 0. The van der Waals surface area contributed by atoms with Gasteiger partial charge in [-0.2, -0.15) is 0 Å². The third-order valence-corrected chi connectivity index (χ3v) is 3.98. The molecule has 0 aliphatic carbocycles. The molecule has 0 amide bonds. The normalized spacial score (nSPS) is 30.6. The highest BCUT2D eigenvalue weighted by Crippen LogP contribution is 2.45. The fraction of sp³-hybridized carbons (Fsp3) is 0.333. The van der Waals surface area contributed by atoms with E-state index in [0.717, 1.165) is 4.36 Å². The van der Waals surface area contributed by atoms with Gasteiger partial charge >= 0.3 is 0 Å². The van der Waals surface area contributed by atoms with Gasteiger partial charge in [-0.25, -0.2) is 0 Å². The van der Waals surface area contributed by atoms with Gasteiger partial charge in [0.25, 0.3) is 0 Å². The van der Waals surface area contributed by atoms with E-state index in [4.69, 9.17) is 23.2 Å². The molecular formula is C3H2Cl2S2. The Balaban J connectivity index is 2.50. The van der Waals surface area contributed by atoms with Crippen molar-refractivity contribution in [2.75, 3.05) is 0 Å². The van der Waals surface area contributed by atoms with Crippen LogP contribution in [-0.2, 0) is 0 Å². The lowest BCUT2D eigenvalue weighted by molar-refractivity contribution is 1.67. The van der Waals surface area contributed by atoms with E-state index in [1.165, 1.54) is 10.8 Å². The maximum atomic E-state index is 5.59. The molecule has 0 bridgehead atoms. The Labute approximate surface area is 60.0 Å². The summed E-state index contributed by atoms with van der Waals surface area (Å²) in [6.07, 6.45) is 1.82. The molecule has 0 fully saturated rings. The topological polar surface area (TPSA) is 0 Å². The second-order valence-corrected chi connectivity index (χ2v) is 4.75. The highest BCUT2D eigenvalue weighted by Gasteiger charge is 2.11. The van der Waals surface area contributed by atoms with E-state index in [1.807, 2.05) is 6.08 Å². The van der Waals surface area contributed by atoms with Gasteiger partial charge in [0.1, 0.15) is 4.71 Å². The molecule has 0 saturated carbocycles. The van der Waals surface area contributed by atoms with E-state index in [2.05, 4.69) is 0 Å². The van der Waals surface area contributed by atoms with Crippen LogP contribution in [0.1, 0.15) is 0 Å². The van der Waals surface area contributed by atoms with Crippen molar-refractivity contribution in [3.05, 3.63) is 10.4 Å². The van der Waals surface area contributed by atoms with Crippen LogP contribution in [0.15, 0.2) is 10.4 Å². The maximum absolute atomic E-state index is 5.59. The van der Waals surface area contributed by atoms with Crippen LogP contribution < -0.4 is 0 Å². The molecule has 4 heteroatoms. The molecule has 0 N–H and O–H groups in total. The first-order valence-corrected chi connectivity index (χ1v) is 4.66. The highest BCUT2D eigenvalue weighted by atomic mass is 35.5. The molecule has 1 atom stereocenters. The fourth-order valence-electron chi connectivity index (χ4n) is 0.251. The molecule has 1 heterocycles. The Morgan fingerprint density at radius 2 is 2.43 bits per heavy atom. The van der Waals surface area contributed by atoms with Crippen molar-refractivity contribution in [3.63, 3.8) is 0 Å². The Bertz CT molecular complexity index is 101. The number of halogens is 2. The lowest BCUT2D eigenvalue weighted by Crippen LogP contribution is -1.71. The molecule has 1 rings (SSSR count). The third-order valence-electron chi connectivity index (χ3n) is 0.482. The van der Waals surface area contributed by atoms with Gasteiger partial charge < -0.3 is 0 Å². The molecule has 0 aromatic rings. The predicted octanol–water partition coefficient (Wildman–Crippen LogP) is 3.03. The van der Waals surface area contributed by atoms with Crippen molar-refractivity contribution < 1.29 is 0 Å². The van der Waals surface area contributed by atoms with Crippen molar-refractivity contribution in [3.8, 4) is 0 Å². The number of alkyl halides is 1.